The molecule has 0 aromatic heterocycles. The minimum absolute atomic E-state index is 0. The minimum atomic E-state index is -0.924. The topological polar surface area (TPSA) is 166 Å². The molecule has 6 rings (SSSR count). The first-order valence-electron chi connectivity index (χ1n) is 16.8. The van der Waals surface area contributed by atoms with Crippen molar-refractivity contribution in [2.24, 2.45) is 11.8 Å². The number of likely N-dealkylation sites (tertiary alicyclic amines) is 2. The van der Waals surface area contributed by atoms with Crippen molar-refractivity contribution in [1.82, 2.24) is 9.80 Å². The van der Waals surface area contributed by atoms with Crippen molar-refractivity contribution in [3.8, 4) is 0 Å². The third-order valence-electron chi connectivity index (χ3n) is 9.37. The summed E-state index contributed by atoms with van der Waals surface area (Å²) >= 11 is 0. The number of methoxy groups -OCH3 is 1. The summed E-state index contributed by atoms with van der Waals surface area (Å²) in [6, 6.07) is 37.3. The predicted octanol–water partition coefficient (Wildman–Crippen LogP) is 3.01. The van der Waals surface area contributed by atoms with Crippen LogP contribution in [0.3, 0.4) is 0 Å². The van der Waals surface area contributed by atoms with Gasteiger partial charge in [0.05, 0.1) is 18.9 Å². The summed E-state index contributed by atoms with van der Waals surface area (Å²) in [4.78, 5) is 53.7. The van der Waals surface area contributed by atoms with Crippen molar-refractivity contribution < 1.29 is 58.8 Å². The Bertz CT molecular complexity index is 1630. The number of carbonyl (C=O) groups excluding carboxylic acids is 3. The van der Waals surface area contributed by atoms with Crippen molar-refractivity contribution in [3.05, 3.63) is 144 Å². The summed E-state index contributed by atoms with van der Waals surface area (Å²) in [5.41, 5.74) is 3.64. The number of rotatable bonds is 8. The first-order valence-corrected chi connectivity index (χ1v) is 16.8. The molecule has 2 heterocycles. The van der Waals surface area contributed by atoms with E-state index >= 15 is 0 Å². The first-order chi connectivity index (χ1) is 23.7. The number of carboxylic acids is 1. The van der Waals surface area contributed by atoms with Gasteiger partial charge in [0.2, 0.25) is 11.8 Å². The molecule has 4 aromatic rings. The first kappa shape index (κ1) is 46.3. The van der Waals surface area contributed by atoms with Crippen LogP contribution in [0.1, 0.15) is 68.2 Å². The Morgan fingerprint density at radius 3 is 1.17 bits per heavy atom. The van der Waals surface area contributed by atoms with Gasteiger partial charge in [-0.25, -0.2) is 9.59 Å². The number of aliphatic carboxylic acids is 1. The van der Waals surface area contributed by atoms with Gasteiger partial charge in [-0.15, -0.1) is 0 Å². The van der Waals surface area contributed by atoms with Crippen LogP contribution in [0.5, 0.6) is 0 Å². The summed E-state index contributed by atoms with van der Waals surface area (Å²) in [7, 11) is 1.37. The van der Waals surface area contributed by atoms with Gasteiger partial charge in [-0.2, -0.15) is 0 Å². The molecule has 0 radical (unpaired) electrons. The van der Waals surface area contributed by atoms with Crippen LogP contribution in [-0.2, 0) is 23.9 Å². The molecule has 0 aliphatic carbocycles. The zero-order chi connectivity index (χ0) is 34.9. The maximum absolute atomic E-state index is 13.4. The fourth-order valence-electron chi connectivity index (χ4n) is 7.04. The van der Waals surface area contributed by atoms with Crippen molar-refractivity contribution in [2.45, 2.75) is 58.0 Å². The average Bonchev–Trinajstić information content (AvgIpc) is 3.73. The SMILES string of the molecule is C.COC(=O)[C@@H]1C[C@H](C)CN1C(=O)C(c1ccccc1)c1ccccc1.C[C@H]1C[C@@H](C(=O)O)N(C(=O)C(c2ccccc2)c2ccccc2)C1.O.[Li+].[OH-]. The van der Waals surface area contributed by atoms with Crippen LogP contribution in [0.25, 0.3) is 0 Å². The molecule has 0 bridgehead atoms. The Morgan fingerprint density at radius 1 is 0.604 bits per heavy atom. The maximum atomic E-state index is 13.4. The Morgan fingerprint density at radius 2 is 0.887 bits per heavy atom. The van der Waals surface area contributed by atoms with Crippen molar-refractivity contribution in [1.29, 1.82) is 0 Å². The van der Waals surface area contributed by atoms with Crippen molar-refractivity contribution >= 4 is 23.8 Å². The van der Waals surface area contributed by atoms with Gasteiger partial charge in [0.1, 0.15) is 12.1 Å². The summed E-state index contributed by atoms with van der Waals surface area (Å²) in [6.45, 7) is 5.12. The van der Waals surface area contributed by atoms with E-state index in [9.17, 15) is 24.3 Å². The largest absolute Gasteiger partial charge is 1.00 e. The van der Waals surface area contributed by atoms with Crippen LogP contribution >= 0.6 is 0 Å². The Labute approximate surface area is 325 Å². The maximum Gasteiger partial charge on any atom is 1.00 e. The fourth-order valence-corrected chi connectivity index (χ4v) is 7.04. The van der Waals surface area contributed by atoms with Crippen LogP contribution in [0, 0.1) is 11.8 Å². The van der Waals surface area contributed by atoms with E-state index in [1.165, 1.54) is 12.0 Å². The van der Waals surface area contributed by atoms with Crippen LogP contribution in [0.15, 0.2) is 121 Å². The number of carboxylic acid groups (broad SMARTS) is 1. The normalized spacial score (nSPS) is 18.6. The van der Waals surface area contributed by atoms with E-state index in [4.69, 9.17) is 4.74 Å². The van der Waals surface area contributed by atoms with Gasteiger partial charge in [0, 0.05) is 13.1 Å². The average molecular weight is 719 g/mol. The minimum Gasteiger partial charge on any atom is -0.870 e. The quantitative estimate of drug-likeness (QED) is 0.216. The molecule has 4 atom stereocenters. The van der Waals surface area contributed by atoms with Crippen LogP contribution in [0.4, 0.5) is 0 Å². The zero-order valence-corrected chi connectivity index (χ0v) is 30.2. The standard InChI is InChI=1S/C21H23NO3.C20H21NO3.CH4.Li.2H2O/c1-15-13-18(21(24)25-2)22(14-15)20(23)19(16-9-5-3-6-10-16)17-11-7-4-8-12-17;1-14-12-17(20(23)24)21(13-14)19(22)18(15-8-4-2-5-9-15)16-10-6-3-7-11-16;;;;/h3-12,15,18-19H,13-14H2,1-2H3;2-11,14,17-18H,12-13H2,1H3,(H,23,24);1H4;;2*1H2/q;;;+1;;/p-1/t15-,18-;14-,17-;;;;/m00..../s1. The van der Waals surface area contributed by atoms with E-state index in [2.05, 4.69) is 6.92 Å². The number of hydrogen-bond donors (Lipinski definition) is 1. The second-order valence-corrected chi connectivity index (χ2v) is 13.1. The van der Waals surface area contributed by atoms with Gasteiger partial charge >= 0.3 is 30.8 Å². The van der Waals surface area contributed by atoms with Gasteiger partial charge in [-0.3, -0.25) is 9.59 Å². The molecule has 0 saturated carbocycles. The number of esters is 1. The number of hydrogen-bond acceptors (Lipinski definition) is 6. The van der Waals surface area contributed by atoms with E-state index in [0.717, 1.165) is 22.3 Å². The number of carbonyl (C=O) groups is 4. The van der Waals surface area contributed by atoms with Gasteiger partial charge in [-0.05, 0) is 46.9 Å². The molecular weight excluding hydrogens is 667 g/mol. The second kappa shape index (κ2) is 21.7. The van der Waals surface area contributed by atoms with Crippen molar-refractivity contribution in [3.63, 3.8) is 0 Å². The molecule has 0 unspecified atom stereocenters. The summed E-state index contributed by atoms with van der Waals surface area (Å²) < 4.78 is 4.92. The summed E-state index contributed by atoms with van der Waals surface area (Å²) in [5.74, 6) is -1.85. The van der Waals surface area contributed by atoms with E-state index in [1.807, 2.05) is 128 Å². The number of nitrogens with zero attached hydrogens (tertiary/aromatic N) is 2. The second-order valence-electron chi connectivity index (χ2n) is 13.1. The third kappa shape index (κ3) is 11.1. The van der Waals surface area contributed by atoms with Gasteiger partial charge < -0.3 is 30.6 Å². The summed E-state index contributed by atoms with van der Waals surface area (Å²) in [5, 5.41) is 9.48. The molecule has 2 saturated heterocycles. The molecule has 2 aliphatic rings. The molecule has 2 fully saturated rings. The van der Waals surface area contributed by atoms with Crippen LogP contribution in [0.2, 0.25) is 0 Å². The zero-order valence-electron chi connectivity index (χ0n) is 30.2. The van der Waals surface area contributed by atoms with Gasteiger partial charge in [0.25, 0.3) is 0 Å². The smallest absolute Gasteiger partial charge is 0.870 e. The van der Waals surface area contributed by atoms with E-state index < -0.39 is 29.9 Å². The van der Waals surface area contributed by atoms with Gasteiger partial charge in [-0.1, -0.05) is 143 Å². The van der Waals surface area contributed by atoms with Gasteiger partial charge in [0.15, 0.2) is 0 Å². The van der Waals surface area contributed by atoms with E-state index in [1.54, 1.807) is 4.90 Å². The van der Waals surface area contributed by atoms with E-state index in [-0.39, 0.29) is 66.9 Å². The third-order valence-corrected chi connectivity index (χ3v) is 9.37. The monoisotopic (exact) mass is 718 g/mol. The Balaban J connectivity index is 0.000000493. The molecule has 53 heavy (non-hydrogen) atoms. The van der Waals surface area contributed by atoms with Crippen LogP contribution < -0.4 is 18.9 Å². The van der Waals surface area contributed by atoms with Crippen LogP contribution in [-0.4, -0.2) is 81.9 Å². The molecule has 278 valence electrons. The predicted molar refractivity (Wildman–Crippen MR) is 200 cm³/mol. The summed E-state index contributed by atoms with van der Waals surface area (Å²) in [6.07, 6.45) is 1.16. The Hall–Kier alpha value is -4.72. The molecule has 11 heteroatoms. The molecule has 4 N–H and O–H groups in total. The van der Waals surface area contributed by atoms with Crippen molar-refractivity contribution in [2.75, 3.05) is 20.2 Å². The Kier molecular flexibility index (Phi) is 19.0. The molecule has 10 nitrogen and oxygen atoms in total. The number of benzene rings is 4. The molecular formula is C42H51LiN2O8. The molecule has 2 aliphatic heterocycles. The molecule has 0 spiro atoms. The van der Waals surface area contributed by atoms with E-state index in [0.29, 0.717) is 25.9 Å². The molecule has 2 amide bonds. The number of amides is 2. The molecule has 4 aromatic carbocycles. The number of ether oxygens (including phenoxy) is 1. The fraction of sp³-hybridized carbons (Fsp3) is 0.333.